The van der Waals surface area contributed by atoms with E-state index in [1.165, 1.54) is 5.56 Å². The molecule has 2 unspecified atom stereocenters. The summed E-state index contributed by atoms with van der Waals surface area (Å²) in [5.41, 5.74) is 3.44. The highest BCUT2D eigenvalue weighted by Gasteiger charge is 2.16. The van der Waals surface area contributed by atoms with Gasteiger partial charge in [-0.3, -0.25) is 9.59 Å². The van der Waals surface area contributed by atoms with Crippen LogP contribution in [0.1, 0.15) is 68.4 Å². The molecule has 2 N–H and O–H groups in total. The SMILES string of the molecule is CCC(C)NC(=O)c1cccc(NC(=O)C(C)c2ccc(CC(C)C)cc2)c1. The molecule has 0 radical (unpaired) electrons. The molecule has 0 saturated carbocycles. The molecule has 0 aromatic heterocycles. The molecule has 2 aromatic carbocycles. The number of anilines is 1. The molecular weight excluding hydrogens is 348 g/mol. The van der Waals surface area contributed by atoms with Crippen LogP contribution in [0.15, 0.2) is 48.5 Å². The molecular formula is C24H32N2O2. The first-order chi connectivity index (χ1) is 13.3. The van der Waals surface area contributed by atoms with E-state index in [0.717, 1.165) is 18.4 Å². The van der Waals surface area contributed by atoms with Gasteiger partial charge in [-0.05, 0) is 61.9 Å². The maximum atomic E-state index is 12.7. The van der Waals surface area contributed by atoms with Crippen LogP contribution in [0.5, 0.6) is 0 Å². The second-order valence-electron chi connectivity index (χ2n) is 7.91. The summed E-state index contributed by atoms with van der Waals surface area (Å²) < 4.78 is 0. The van der Waals surface area contributed by atoms with Gasteiger partial charge in [0.25, 0.3) is 5.91 Å². The summed E-state index contributed by atoms with van der Waals surface area (Å²) in [5.74, 6) is 0.123. The zero-order valence-corrected chi connectivity index (χ0v) is 17.6. The summed E-state index contributed by atoms with van der Waals surface area (Å²) in [6.07, 6.45) is 1.90. The highest BCUT2D eigenvalue weighted by atomic mass is 16.2. The highest BCUT2D eigenvalue weighted by Crippen LogP contribution is 2.20. The third-order valence-corrected chi connectivity index (χ3v) is 4.90. The fourth-order valence-corrected chi connectivity index (χ4v) is 2.96. The van der Waals surface area contributed by atoms with Gasteiger partial charge in [0.2, 0.25) is 5.91 Å². The van der Waals surface area contributed by atoms with Gasteiger partial charge in [-0.2, -0.15) is 0 Å². The van der Waals surface area contributed by atoms with Crippen LogP contribution in [-0.2, 0) is 11.2 Å². The zero-order chi connectivity index (χ0) is 20.7. The average molecular weight is 381 g/mol. The highest BCUT2D eigenvalue weighted by molar-refractivity contribution is 5.99. The van der Waals surface area contributed by atoms with E-state index in [2.05, 4.69) is 36.6 Å². The number of rotatable bonds is 8. The number of amides is 2. The number of carbonyl (C=O) groups excluding carboxylic acids is 2. The molecule has 0 heterocycles. The van der Waals surface area contributed by atoms with Crippen molar-refractivity contribution >= 4 is 17.5 Å². The molecule has 0 saturated heterocycles. The van der Waals surface area contributed by atoms with Crippen molar-refractivity contribution in [3.8, 4) is 0 Å². The molecule has 0 aliphatic carbocycles. The molecule has 0 bridgehead atoms. The molecule has 150 valence electrons. The van der Waals surface area contributed by atoms with E-state index in [1.54, 1.807) is 24.3 Å². The normalized spacial score (nSPS) is 13.1. The Morgan fingerprint density at radius 3 is 2.25 bits per heavy atom. The van der Waals surface area contributed by atoms with Gasteiger partial charge >= 0.3 is 0 Å². The maximum absolute atomic E-state index is 12.7. The summed E-state index contributed by atoms with van der Waals surface area (Å²) >= 11 is 0. The summed E-state index contributed by atoms with van der Waals surface area (Å²) in [7, 11) is 0. The van der Waals surface area contributed by atoms with Gasteiger partial charge in [0.1, 0.15) is 0 Å². The molecule has 2 rings (SSSR count). The molecule has 4 nitrogen and oxygen atoms in total. The predicted molar refractivity (Wildman–Crippen MR) is 116 cm³/mol. The Labute approximate surface area is 168 Å². The Balaban J connectivity index is 2.03. The number of hydrogen-bond donors (Lipinski definition) is 2. The lowest BCUT2D eigenvalue weighted by Gasteiger charge is -2.15. The Kier molecular flexibility index (Phi) is 7.80. The molecule has 2 aromatic rings. The van der Waals surface area contributed by atoms with Gasteiger partial charge in [-0.1, -0.05) is 51.1 Å². The quantitative estimate of drug-likeness (QED) is 0.665. The van der Waals surface area contributed by atoms with E-state index in [4.69, 9.17) is 0 Å². The topological polar surface area (TPSA) is 58.2 Å². The van der Waals surface area contributed by atoms with Crippen LogP contribution in [0, 0.1) is 5.92 Å². The van der Waals surface area contributed by atoms with Crippen molar-refractivity contribution in [3.63, 3.8) is 0 Å². The van der Waals surface area contributed by atoms with E-state index in [0.29, 0.717) is 17.2 Å². The van der Waals surface area contributed by atoms with Gasteiger partial charge in [0, 0.05) is 17.3 Å². The summed E-state index contributed by atoms with van der Waals surface area (Å²) in [6.45, 7) is 10.3. The van der Waals surface area contributed by atoms with Gasteiger partial charge in [-0.25, -0.2) is 0 Å². The first-order valence-electron chi connectivity index (χ1n) is 10.1. The first-order valence-corrected chi connectivity index (χ1v) is 10.1. The van der Waals surface area contributed by atoms with Gasteiger partial charge < -0.3 is 10.6 Å². The summed E-state index contributed by atoms with van der Waals surface area (Å²) in [5, 5.41) is 5.87. The fourth-order valence-electron chi connectivity index (χ4n) is 2.96. The molecule has 4 heteroatoms. The Morgan fingerprint density at radius 1 is 0.964 bits per heavy atom. The second kappa shape index (κ2) is 10.1. The van der Waals surface area contributed by atoms with Crippen molar-refractivity contribution in [2.75, 3.05) is 5.32 Å². The van der Waals surface area contributed by atoms with E-state index < -0.39 is 0 Å². The van der Waals surface area contributed by atoms with Gasteiger partial charge in [0.05, 0.1) is 5.92 Å². The summed E-state index contributed by atoms with van der Waals surface area (Å²) in [4.78, 5) is 25.0. The number of hydrogen-bond acceptors (Lipinski definition) is 2. The van der Waals surface area contributed by atoms with Crippen molar-refractivity contribution < 1.29 is 9.59 Å². The van der Waals surface area contributed by atoms with E-state index in [9.17, 15) is 9.59 Å². The fraction of sp³-hybridized carbons (Fsp3) is 0.417. The largest absolute Gasteiger partial charge is 0.350 e. The van der Waals surface area contributed by atoms with Crippen molar-refractivity contribution in [1.29, 1.82) is 0 Å². The Hall–Kier alpha value is -2.62. The van der Waals surface area contributed by atoms with Crippen LogP contribution in [-0.4, -0.2) is 17.9 Å². The molecule has 28 heavy (non-hydrogen) atoms. The van der Waals surface area contributed by atoms with Crippen molar-refractivity contribution in [2.24, 2.45) is 5.92 Å². The molecule has 2 amide bonds. The Bertz CT molecular complexity index is 797. The lowest BCUT2D eigenvalue weighted by molar-refractivity contribution is -0.117. The van der Waals surface area contributed by atoms with Crippen molar-refractivity contribution in [1.82, 2.24) is 5.32 Å². The van der Waals surface area contributed by atoms with E-state index in [-0.39, 0.29) is 23.8 Å². The molecule has 0 aliphatic rings. The van der Waals surface area contributed by atoms with Crippen LogP contribution in [0.4, 0.5) is 5.69 Å². The molecule has 0 aliphatic heterocycles. The molecule has 0 spiro atoms. The van der Waals surface area contributed by atoms with Crippen LogP contribution < -0.4 is 10.6 Å². The van der Waals surface area contributed by atoms with Crippen LogP contribution >= 0.6 is 0 Å². The van der Waals surface area contributed by atoms with Crippen LogP contribution in [0.2, 0.25) is 0 Å². The zero-order valence-electron chi connectivity index (χ0n) is 17.6. The smallest absolute Gasteiger partial charge is 0.251 e. The minimum atomic E-state index is -0.273. The average Bonchev–Trinajstić information content (AvgIpc) is 2.67. The lowest BCUT2D eigenvalue weighted by Crippen LogP contribution is -2.32. The van der Waals surface area contributed by atoms with Crippen LogP contribution in [0.3, 0.4) is 0 Å². The van der Waals surface area contributed by atoms with Gasteiger partial charge in [0.15, 0.2) is 0 Å². The third-order valence-electron chi connectivity index (χ3n) is 4.90. The standard InChI is InChI=1S/C24H32N2O2/c1-6-17(4)25-24(28)21-8-7-9-22(15-21)26-23(27)18(5)20-12-10-19(11-13-20)14-16(2)3/h7-13,15-18H,6,14H2,1-5H3,(H,25,28)(H,26,27). The minimum absolute atomic E-state index is 0.0870. The molecule has 0 fully saturated rings. The summed E-state index contributed by atoms with van der Waals surface area (Å²) in [6, 6.07) is 15.4. The monoisotopic (exact) mass is 380 g/mol. The number of carbonyl (C=O) groups is 2. The Morgan fingerprint density at radius 2 is 1.64 bits per heavy atom. The maximum Gasteiger partial charge on any atom is 0.251 e. The van der Waals surface area contributed by atoms with Crippen molar-refractivity contribution in [2.45, 2.75) is 59.4 Å². The molecule has 2 atom stereocenters. The third kappa shape index (κ3) is 6.22. The van der Waals surface area contributed by atoms with Crippen molar-refractivity contribution in [3.05, 3.63) is 65.2 Å². The predicted octanol–water partition coefficient (Wildman–Crippen LogP) is 5.16. The second-order valence-corrected chi connectivity index (χ2v) is 7.91. The van der Waals surface area contributed by atoms with Crippen LogP contribution in [0.25, 0.3) is 0 Å². The van der Waals surface area contributed by atoms with E-state index >= 15 is 0 Å². The first kappa shape index (κ1) is 21.7. The lowest BCUT2D eigenvalue weighted by atomic mass is 9.96. The minimum Gasteiger partial charge on any atom is -0.350 e. The van der Waals surface area contributed by atoms with Gasteiger partial charge in [-0.15, -0.1) is 0 Å². The van der Waals surface area contributed by atoms with E-state index in [1.807, 2.05) is 32.9 Å². The number of benzene rings is 2. The number of nitrogens with one attached hydrogen (secondary N) is 2.